The molecule has 0 aromatic heterocycles. The van der Waals surface area contributed by atoms with Crippen molar-refractivity contribution in [2.75, 3.05) is 10.6 Å². The van der Waals surface area contributed by atoms with Crippen LogP contribution in [0, 0.1) is 0 Å². The SMILES string of the molecule is Nc1ccc(-c2ccc(N(c3ccc4ccccc4c3)c3ccc4ccccc4c3)c(-c3ccccc3)c2-c2ccccc2)cc1. The summed E-state index contributed by atoms with van der Waals surface area (Å²) in [4.78, 5) is 2.42. The Hall–Kier alpha value is -6.12. The van der Waals surface area contributed by atoms with Gasteiger partial charge in [-0.05, 0) is 91.8 Å². The van der Waals surface area contributed by atoms with Crippen LogP contribution in [0.5, 0.6) is 0 Å². The molecule has 46 heavy (non-hydrogen) atoms. The molecule has 0 radical (unpaired) electrons. The fourth-order valence-electron chi connectivity index (χ4n) is 6.54. The van der Waals surface area contributed by atoms with Crippen LogP contribution in [0.3, 0.4) is 0 Å². The Balaban J connectivity index is 1.48. The Morgan fingerprint density at radius 1 is 0.348 bits per heavy atom. The predicted octanol–water partition coefficient (Wildman–Crippen LogP) is 12.0. The van der Waals surface area contributed by atoms with E-state index in [1.807, 2.05) is 12.1 Å². The first-order chi connectivity index (χ1) is 22.7. The molecule has 2 nitrogen and oxygen atoms in total. The van der Waals surface area contributed by atoms with Crippen LogP contribution < -0.4 is 10.6 Å². The van der Waals surface area contributed by atoms with E-state index in [0.717, 1.165) is 45.0 Å². The van der Waals surface area contributed by atoms with Crippen LogP contribution in [-0.2, 0) is 0 Å². The molecular weight excluding hydrogens is 556 g/mol. The van der Waals surface area contributed by atoms with E-state index in [1.54, 1.807) is 0 Å². The van der Waals surface area contributed by atoms with Gasteiger partial charge in [0.1, 0.15) is 0 Å². The predicted molar refractivity (Wildman–Crippen MR) is 197 cm³/mol. The highest BCUT2D eigenvalue weighted by atomic mass is 15.1. The van der Waals surface area contributed by atoms with Gasteiger partial charge in [-0.2, -0.15) is 0 Å². The van der Waals surface area contributed by atoms with Crippen molar-refractivity contribution >= 4 is 44.3 Å². The number of rotatable bonds is 6. The normalized spacial score (nSPS) is 11.1. The Bertz CT molecular complexity index is 2230. The standard InChI is InChI=1S/C44H32N2/c45-38-23-19-33(20-24-38)41-27-28-42(44(35-15-5-2-6-16-35)43(41)34-13-3-1-4-14-34)46(39-25-21-31-11-7-9-17-36(31)29-39)40-26-22-32-12-8-10-18-37(32)30-40/h1-30H,45H2. The third-order valence-electron chi connectivity index (χ3n) is 8.75. The summed E-state index contributed by atoms with van der Waals surface area (Å²) in [5.74, 6) is 0. The number of nitrogens with zero attached hydrogens (tertiary/aromatic N) is 1. The molecule has 0 spiro atoms. The molecule has 218 valence electrons. The van der Waals surface area contributed by atoms with Gasteiger partial charge in [0, 0.05) is 22.6 Å². The van der Waals surface area contributed by atoms with E-state index < -0.39 is 0 Å². The molecule has 2 N–H and O–H groups in total. The highest BCUT2D eigenvalue weighted by Crippen LogP contribution is 2.49. The van der Waals surface area contributed by atoms with E-state index >= 15 is 0 Å². The first-order valence-corrected chi connectivity index (χ1v) is 15.6. The second-order valence-electron chi connectivity index (χ2n) is 11.6. The summed E-state index contributed by atoms with van der Waals surface area (Å²) in [5, 5.41) is 4.84. The van der Waals surface area contributed by atoms with Crippen molar-refractivity contribution < 1.29 is 0 Å². The minimum atomic E-state index is 0.753. The summed E-state index contributed by atoms with van der Waals surface area (Å²) in [6, 6.07) is 64.9. The third-order valence-corrected chi connectivity index (χ3v) is 8.75. The number of nitrogen functional groups attached to an aromatic ring is 1. The smallest absolute Gasteiger partial charge is 0.0546 e. The topological polar surface area (TPSA) is 29.3 Å². The molecule has 0 aliphatic carbocycles. The van der Waals surface area contributed by atoms with Crippen LogP contribution in [0.25, 0.3) is 54.9 Å². The van der Waals surface area contributed by atoms with E-state index in [2.05, 4.69) is 175 Å². The fraction of sp³-hybridized carbons (Fsp3) is 0. The van der Waals surface area contributed by atoms with Crippen molar-refractivity contribution in [1.82, 2.24) is 0 Å². The summed E-state index contributed by atoms with van der Waals surface area (Å²) in [7, 11) is 0. The van der Waals surface area contributed by atoms with Crippen LogP contribution in [0.15, 0.2) is 182 Å². The van der Waals surface area contributed by atoms with E-state index in [4.69, 9.17) is 5.73 Å². The number of hydrogen-bond donors (Lipinski definition) is 1. The highest BCUT2D eigenvalue weighted by molar-refractivity contribution is 6.04. The number of benzene rings is 8. The first-order valence-electron chi connectivity index (χ1n) is 15.6. The molecular formula is C44H32N2. The molecule has 0 heterocycles. The lowest BCUT2D eigenvalue weighted by molar-refractivity contribution is 1.29. The summed E-state index contributed by atoms with van der Waals surface area (Å²) in [5.41, 5.74) is 17.1. The number of hydrogen-bond acceptors (Lipinski definition) is 2. The van der Waals surface area contributed by atoms with Gasteiger partial charge in [0.25, 0.3) is 0 Å². The van der Waals surface area contributed by atoms with Gasteiger partial charge in [-0.3, -0.25) is 0 Å². The van der Waals surface area contributed by atoms with Crippen LogP contribution >= 0.6 is 0 Å². The quantitative estimate of drug-likeness (QED) is 0.196. The zero-order chi connectivity index (χ0) is 30.9. The lowest BCUT2D eigenvalue weighted by atomic mass is 9.86. The lowest BCUT2D eigenvalue weighted by Crippen LogP contribution is -2.12. The second-order valence-corrected chi connectivity index (χ2v) is 11.6. The average Bonchev–Trinajstić information content (AvgIpc) is 3.12. The van der Waals surface area contributed by atoms with Crippen LogP contribution in [0.4, 0.5) is 22.7 Å². The summed E-state index contributed by atoms with van der Waals surface area (Å²) < 4.78 is 0. The zero-order valence-electron chi connectivity index (χ0n) is 25.3. The van der Waals surface area contributed by atoms with Gasteiger partial charge in [0.2, 0.25) is 0 Å². The zero-order valence-corrected chi connectivity index (χ0v) is 25.3. The van der Waals surface area contributed by atoms with Crippen LogP contribution in [0.1, 0.15) is 0 Å². The molecule has 8 aromatic carbocycles. The molecule has 0 bridgehead atoms. The summed E-state index contributed by atoms with van der Waals surface area (Å²) >= 11 is 0. The lowest BCUT2D eigenvalue weighted by Gasteiger charge is -2.31. The molecule has 0 amide bonds. The second kappa shape index (κ2) is 11.8. The van der Waals surface area contributed by atoms with Gasteiger partial charge in [0.15, 0.2) is 0 Å². The first kappa shape index (κ1) is 27.4. The van der Waals surface area contributed by atoms with E-state index in [1.165, 1.54) is 32.7 Å². The van der Waals surface area contributed by atoms with Crippen molar-refractivity contribution in [3.05, 3.63) is 182 Å². The average molecular weight is 589 g/mol. The Kier molecular flexibility index (Phi) is 7.01. The summed E-state index contributed by atoms with van der Waals surface area (Å²) in [6.07, 6.45) is 0. The van der Waals surface area contributed by atoms with Crippen molar-refractivity contribution in [2.24, 2.45) is 0 Å². The molecule has 0 aliphatic rings. The molecule has 8 aromatic rings. The monoisotopic (exact) mass is 588 g/mol. The van der Waals surface area contributed by atoms with Gasteiger partial charge in [-0.1, -0.05) is 140 Å². The minimum absolute atomic E-state index is 0.753. The van der Waals surface area contributed by atoms with E-state index in [9.17, 15) is 0 Å². The number of anilines is 4. The number of nitrogens with two attached hydrogens (primary N) is 1. The van der Waals surface area contributed by atoms with Crippen LogP contribution in [-0.4, -0.2) is 0 Å². The fourth-order valence-corrected chi connectivity index (χ4v) is 6.54. The maximum atomic E-state index is 6.14. The Labute approximate surface area is 269 Å². The van der Waals surface area contributed by atoms with Crippen LogP contribution in [0.2, 0.25) is 0 Å². The van der Waals surface area contributed by atoms with Gasteiger partial charge in [-0.25, -0.2) is 0 Å². The van der Waals surface area contributed by atoms with Crippen molar-refractivity contribution in [3.63, 3.8) is 0 Å². The maximum Gasteiger partial charge on any atom is 0.0546 e. The number of fused-ring (bicyclic) bond motifs is 2. The molecule has 0 saturated carbocycles. The molecule has 0 fully saturated rings. The third kappa shape index (κ3) is 5.06. The Morgan fingerprint density at radius 2 is 0.826 bits per heavy atom. The van der Waals surface area contributed by atoms with Crippen molar-refractivity contribution in [3.8, 4) is 33.4 Å². The summed E-state index contributed by atoms with van der Waals surface area (Å²) in [6.45, 7) is 0. The molecule has 2 heteroatoms. The van der Waals surface area contributed by atoms with Gasteiger partial charge in [0.05, 0.1) is 5.69 Å². The maximum absolute atomic E-state index is 6.14. The molecule has 0 saturated heterocycles. The van der Waals surface area contributed by atoms with E-state index in [0.29, 0.717) is 0 Å². The van der Waals surface area contributed by atoms with Gasteiger partial charge < -0.3 is 10.6 Å². The molecule has 0 unspecified atom stereocenters. The molecule has 0 atom stereocenters. The largest absolute Gasteiger partial charge is 0.399 e. The van der Waals surface area contributed by atoms with Crippen molar-refractivity contribution in [1.29, 1.82) is 0 Å². The highest BCUT2D eigenvalue weighted by Gasteiger charge is 2.24. The van der Waals surface area contributed by atoms with Gasteiger partial charge in [-0.15, -0.1) is 0 Å². The van der Waals surface area contributed by atoms with Crippen molar-refractivity contribution in [2.45, 2.75) is 0 Å². The van der Waals surface area contributed by atoms with Gasteiger partial charge >= 0.3 is 0 Å². The molecule has 0 aliphatic heterocycles. The minimum Gasteiger partial charge on any atom is -0.399 e. The Morgan fingerprint density at radius 3 is 1.37 bits per heavy atom. The van der Waals surface area contributed by atoms with E-state index in [-0.39, 0.29) is 0 Å². The molecule has 8 rings (SSSR count).